The molecular formula is C22H27N5. The molecule has 0 atom stereocenters. The van der Waals surface area contributed by atoms with E-state index in [0.717, 1.165) is 54.5 Å². The quantitative estimate of drug-likeness (QED) is 0.612. The van der Waals surface area contributed by atoms with E-state index in [-0.39, 0.29) is 0 Å². The van der Waals surface area contributed by atoms with Crippen LogP contribution >= 0.6 is 0 Å². The highest BCUT2D eigenvalue weighted by molar-refractivity contribution is 5.99. The Balaban J connectivity index is 1.59. The first-order chi connectivity index (χ1) is 13.2. The summed E-state index contributed by atoms with van der Waals surface area (Å²) in [6.07, 6.45) is 5.50. The maximum absolute atomic E-state index is 6.45. The second-order valence-corrected chi connectivity index (χ2v) is 7.53. The van der Waals surface area contributed by atoms with Gasteiger partial charge in [-0.25, -0.2) is 4.99 Å². The summed E-state index contributed by atoms with van der Waals surface area (Å²) in [6, 6.07) is 14.0. The molecule has 5 heteroatoms. The number of nitrogens with one attached hydrogen (secondary N) is 1. The van der Waals surface area contributed by atoms with Crippen molar-refractivity contribution in [3.63, 3.8) is 0 Å². The van der Waals surface area contributed by atoms with Crippen molar-refractivity contribution in [2.24, 2.45) is 16.6 Å². The molecule has 1 fully saturated rings. The molecule has 0 amide bonds. The highest BCUT2D eigenvalue weighted by Crippen LogP contribution is 2.29. The second kappa shape index (κ2) is 7.92. The van der Waals surface area contributed by atoms with Crippen LogP contribution in [-0.2, 0) is 0 Å². The van der Waals surface area contributed by atoms with Crippen LogP contribution < -0.4 is 11.1 Å². The van der Waals surface area contributed by atoms with E-state index in [1.165, 1.54) is 18.5 Å². The first-order valence-electron chi connectivity index (χ1n) is 9.69. The zero-order chi connectivity index (χ0) is 18.6. The van der Waals surface area contributed by atoms with Gasteiger partial charge in [0, 0.05) is 49.1 Å². The summed E-state index contributed by atoms with van der Waals surface area (Å²) in [6.45, 7) is 2.95. The summed E-state index contributed by atoms with van der Waals surface area (Å²) in [5.41, 5.74) is 11.7. The lowest BCUT2D eigenvalue weighted by Crippen LogP contribution is -2.37. The first-order valence-corrected chi connectivity index (χ1v) is 9.69. The van der Waals surface area contributed by atoms with E-state index in [9.17, 15) is 0 Å². The van der Waals surface area contributed by atoms with E-state index in [1.807, 2.05) is 42.5 Å². The van der Waals surface area contributed by atoms with E-state index in [4.69, 9.17) is 10.7 Å². The zero-order valence-corrected chi connectivity index (χ0v) is 15.9. The molecule has 3 N–H and O–H groups in total. The third-order valence-corrected chi connectivity index (χ3v) is 5.20. The fraction of sp³-hybridized carbons (Fsp3) is 0.364. The number of hydrogen-bond acceptors (Lipinski definition) is 4. The van der Waals surface area contributed by atoms with Gasteiger partial charge in [-0.05, 0) is 50.1 Å². The van der Waals surface area contributed by atoms with Crippen molar-refractivity contribution in [1.29, 1.82) is 0 Å². The predicted octanol–water partition coefficient (Wildman–Crippen LogP) is 3.33. The van der Waals surface area contributed by atoms with Gasteiger partial charge in [0.1, 0.15) is 5.84 Å². The Hall–Kier alpha value is -2.66. The van der Waals surface area contributed by atoms with Gasteiger partial charge in [-0.3, -0.25) is 4.98 Å². The Morgan fingerprint density at radius 3 is 2.93 bits per heavy atom. The SMILES string of the molecule is CN1CCC(NCC2CC2)=C(C(N)=Nc2cccc(-c3ccccn3)c2)C1. The minimum Gasteiger partial charge on any atom is -0.388 e. The van der Waals surface area contributed by atoms with Crippen molar-refractivity contribution in [2.75, 3.05) is 26.7 Å². The van der Waals surface area contributed by atoms with Crippen LogP contribution in [0.5, 0.6) is 0 Å². The molecule has 1 saturated carbocycles. The van der Waals surface area contributed by atoms with Gasteiger partial charge in [0.2, 0.25) is 0 Å². The summed E-state index contributed by atoms with van der Waals surface area (Å²) in [5.74, 6) is 1.45. The van der Waals surface area contributed by atoms with Crippen molar-refractivity contribution in [2.45, 2.75) is 19.3 Å². The Labute approximate surface area is 161 Å². The van der Waals surface area contributed by atoms with Crippen LogP contribution in [0.3, 0.4) is 0 Å². The normalized spacial score (nSPS) is 18.6. The molecule has 1 aromatic carbocycles. The van der Waals surface area contributed by atoms with Crippen LogP contribution in [0.1, 0.15) is 19.3 Å². The maximum Gasteiger partial charge on any atom is 0.130 e. The van der Waals surface area contributed by atoms with Crippen molar-refractivity contribution in [3.8, 4) is 11.3 Å². The molecule has 27 heavy (non-hydrogen) atoms. The molecule has 0 bridgehead atoms. The number of amidine groups is 1. The van der Waals surface area contributed by atoms with Crippen molar-refractivity contribution >= 4 is 11.5 Å². The number of nitrogens with zero attached hydrogens (tertiary/aromatic N) is 3. The van der Waals surface area contributed by atoms with Crippen LogP contribution in [0.25, 0.3) is 11.3 Å². The smallest absolute Gasteiger partial charge is 0.130 e. The summed E-state index contributed by atoms with van der Waals surface area (Å²) < 4.78 is 0. The molecule has 1 aliphatic carbocycles. The average molecular weight is 361 g/mol. The fourth-order valence-electron chi connectivity index (χ4n) is 3.39. The molecule has 1 aliphatic heterocycles. The third-order valence-electron chi connectivity index (χ3n) is 5.20. The standard InChI is InChI=1S/C22H27N5/c1-27-12-10-21(25-14-16-8-9-16)19(15-27)22(23)26-18-6-4-5-17(13-18)20-7-2-3-11-24-20/h2-7,11,13,16,25H,8-10,12,14-15H2,1H3,(H2,23,26). The van der Waals surface area contributed by atoms with Gasteiger partial charge in [0.25, 0.3) is 0 Å². The average Bonchev–Trinajstić information content (AvgIpc) is 3.52. The maximum atomic E-state index is 6.45. The van der Waals surface area contributed by atoms with E-state index < -0.39 is 0 Å². The predicted molar refractivity (Wildman–Crippen MR) is 111 cm³/mol. The van der Waals surface area contributed by atoms with Crippen molar-refractivity contribution in [3.05, 3.63) is 59.9 Å². The van der Waals surface area contributed by atoms with Gasteiger partial charge in [0.15, 0.2) is 0 Å². The Morgan fingerprint density at radius 2 is 2.15 bits per heavy atom. The number of rotatable bonds is 6. The lowest BCUT2D eigenvalue weighted by Gasteiger charge is -2.28. The van der Waals surface area contributed by atoms with Crippen molar-refractivity contribution in [1.82, 2.24) is 15.2 Å². The molecule has 0 spiro atoms. The number of aliphatic imine (C=N–C) groups is 1. The minimum atomic E-state index is 0.609. The number of hydrogen-bond donors (Lipinski definition) is 2. The van der Waals surface area contributed by atoms with Gasteiger partial charge in [-0.2, -0.15) is 0 Å². The number of nitrogens with two attached hydrogens (primary N) is 1. The molecule has 5 nitrogen and oxygen atoms in total. The Kier molecular flexibility index (Phi) is 5.21. The molecule has 0 radical (unpaired) electrons. The Bertz CT molecular complexity index is 852. The topological polar surface area (TPSA) is 66.5 Å². The largest absolute Gasteiger partial charge is 0.388 e. The van der Waals surface area contributed by atoms with Crippen LogP contribution in [-0.4, -0.2) is 42.4 Å². The molecule has 1 aromatic heterocycles. The van der Waals surface area contributed by atoms with Gasteiger partial charge in [-0.1, -0.05) is 18.2 Å². The first kappa shape index (κ1) is 17.7. The highest BCUT2D eigenvalue weighted by Gasteiger charge is 2.24. The van der Waals surface area contributed by atoms with E-state index in [1.54, 1.807) is 6.20 Å². The molecule has 0 saturated heterocycles. The van der Waals surface area contributed by atoms with Crippen LogP contribution in [0.15, 0.2) is 64.9 Å². The molecule has 0 unspecified atom stereocenters. The lowest BCUT2D eigenvalue weighted by molar-refractivity contribution is 0.346. The van der Waals surface area contributed by atoms with E-state index >= 15 is 0 Å². The van der Waals surface area contributed by atoms with Crippen LogP contribution in [0, 0.1) is 5.92 Å². The van der Waals surface area contributed by atoms with E-state index in [2.05, 4.69) is 22.2 Å². The minimum absolute atomic E-state index is 0.609. The third kappa shape index (κ3) is 4.55. The van der Waals surface area contributed by atoms with Gasteiger partial charge in [-0.15, -0.1) is 0 Å². The lowest BCUT2D eigenvalue weighted by atomic mass is 10.0. The number of aromatic nitrogens is 1. The van der Waals surface area contributed by atoms with Gasteiger partial charge < -0.3 is 16.0 Å². The zero-order valence-electron chi connectivity index (χ0n) is 15.9. The summed E-state index contributed by atoms with van der Waals surface area (Å²) in [4.78, 5) is 11.5. The highest BCUT2D eigenvalue weighted by atomic mass is 15.1. The molecule has 140 valence electrons. The van der Waals surface area contributed by atoms with E-state index in [0.29, 0.717) is 5.84 Å². The fourth-order valence-corrected chi connectivity index (χ4v) is 3.39. The number of benzene rings is 1. The summed E-state index contributed by atoms with van der Waals surface area (Å²) in [5, 5.41) is 3.64. The van der Waals surface area contributed by atoms with Gasteiger partial charge >= 0.3 is 0 Å². The molecular weight excluding hydrogens is 334 g/mol. The Morgan fingerprint density at radius 1 is 1.26 bits per heavy atom. The second-order valence-electron chi connectivity index (χ2n) is 7.53. The summed E-state index contributed by atoms with van der Waals surface area (Å²) in [7, 11) is 2.13. The van der Waals surface area contributed by atoms with Crippen LogP contribution in [0.2, 0.25) is 0 Å². The number of pyridine rings is 1. The molecule has 2 aromatic rings. The monoisotopic (exact) mass is 361 g/mol. The van der Waals surface area contributed by atoms with Crippen molar-refractivity contribution < 1.29 is 0 Å². The summed E-state index contributed by atoms with van der Waals surface area (Å²) >= 11 is 0. The molecule has 2 aliphatic rings. The van der Waals surface area contributed by atoms with Crippen LogP contribution in [0.4, 0.5) is 5.69 Å². The molecule has 4 rings (SSSR count). The molecule has 2 heterocycles. The number of likely N-dealkylation sites (N-methyl/N-ethyl adjacent to an activating group) is 1. The van der Waals surface area contributed by atoms with Gasteiger partial charge in [0.05, 0.1) is 11.4 Å².